The number of ether oxygens (including phenoxy) is 1. The van der Waals surface area contributed by atoms with Gasteiger partial charge in [-0.2, -0.15) is 11.8 Å². The van der Waals surface area contributed by atoms with Crippen LogP contribution in [-0.2, 0) is 38.3 Å². The standard InChI is InChI=1S/C28H49N5O10S/c1-3-4-5-6-7-8-9-10-11-12-23(35)32-18(2)25(38)33-20(13-14-22(30)34)28(42)43-21(26(39)31-15-24(36)37)17-44-16-19(29)27(40)41/h18-21H,3-17,29H2,1-2H3,(H2,30,34)(H,31,39)(H,32,35)(H,33,38)(H,36,37)(H,40,41)/t18-,19-,20+,21+/m0/s1. The van der Waals surface area contributed by atoms with Crippen molar-refractivity contribution in [1.29, 1.82) is 0 Å². The van der Waals surface area contributed by atoms with Gasteiger partial charge >= 0.3 is 17.9 Å². The Morgan fingerprint density at radius 3 is 1.95 bits per heavy atom. The highest BCUT2D eigenvalue weighted by molar-refractivity contribution is 7.99. The van der Waals surface area contributed by atoms with Crippen LogP contribution in [0, 0.1) is 0 Å². The predicted molar refractivity (Wildman–Crippen MR) is 163 cm³/mol. The number of unbranched alkanes of at least 4 members (excludes halogenated alkanes) is 8. The maximum atomic E-state index is 13.0. The summed E-state index contributed by atoms with van der Waals surface area (Å²) in [5, 5.41) is 24.8. The van der Waals surface area contributed by atoms with Crippen molar-refractivity contribution in [2.75, 3.05) is 18.1 Å². The number of hydrogen-bond donors (Lipinski definition) is 7. The molecule has 0 saturated carbocycles. The van der Waals surface area contributed by atoms with Crippen LogP contribution in [0.15, 0.2) is 0 Å². The Morgan fingerprint density at radius 1 is 0.818 bits per heavy atom. The predicted octanol–water partition coefficient (Wildman–Crippen LogP) is 0.420. The molecule has 9 N–H and O–H groups in total. The Labute approximate surface area is 262 Å². The van der Waals surface area contributed by atoms with Gasteiger partial charge in [0.15, 0.2) is 6.10 Å². The summed E-state index contributed by atoms with van der Waals surface area (Å²) in [7, 11) is 0. The van der Waals surface area contributed by atoms with Crippen molar-refractivity contribution in [3.05, 3.63) is 0 Å². The molecule has 0 aliphatic carbocycles. The number of aliphatic carboxylic acids is 2. The van der Waals surface area contributed by atoms with Crippen LogP contribution < -0.4 is 27.4 Å². The van der Waals surface area contributed by atoms with Crippen molar-refractivity contribution in [3.8, 4) is 0 Å². The molecule has 252 valence electrons. The Kier molecular flexibility index (Phi) is 22.1. The first kappa shape index (κ1) is 40.6. The number of hydrogen-bond acceptors (Lipinski definition) is 10. The minimum Gasteiger partial charge on any atom is -0.480 e. The molecule has 0 unspecified atom stereocenters. The number of carbonyl (C=O) groups is 7. The Hall–Kier alpha value is -3.40. The van der Waals surface area contributed by atoms with Gasteiger partial charge in [-0.15, -0.1) is 0 Å². The number of nitrogens with one attached hydrogen (secondary N) is 3. The van der Waals surface area contributed by atoms with Gasteiger partial charge in [-0.3, -0.25) is 28.8 Å². The van der Waals surface area contributed by atoms with Crippen LogP contribution in [0.4, 0.5) is 0 Å². The second kappa shape index (κ2) is 24.0. The van der Waals surface area contributed by atoms with Crippen LogP contribution in [0.1, 0.15) is 90.9 Å². The Balaban J connectivity index is 5.10. The van der Waals surface area contributed by atoms with Crippen LogP contribution in [0.2, 0.25) is 0 Å². The third kappa shape index (κ3) is 20.5. The van der Waals surface area contributed by atoms with Gasteiger partial charge in [-0.1, -0.05) is 58.3 Å². The molecular formula is C28H49N5O10S. The van der Waals surface area contributed by atoms with E-state index in [-0.39, 0.29) is 36.7 Å². The molecule has 0 aromatic rings. The van der Waals surface area contributed by atoms with Gasteiger partial charge in [0, 0.05) is 24.3 Å². The molecule has 4 atom stereocenters. The molecule has 15 nitrogen and oxygen atoms in total. The largest absolute Gasteiger partial charge is 0.480 e. The second-order valence-corrected chi connectivity index (χ2v) is 11.5. The lowest BCUT2D eigenvalue weighted by Gasteiger charge is -2.23. The number of rotatable bonds is 26. The van der Waals surface area contributed by atoms with E-state index in [1.807, 2.05) is 0 Å². The number of esters is 1. The molecule has 0 aromatic heterocycles. The number of carboxylic acid groups (broad SMARTS) is 2. The topological polar surface area (TPSA) is 257 Å². The van der Waals surface area contributed by atoms with Crippen LogP contribution in [-0.4, -0.2) is 94.0 Å². The normalized spacial score (nSPS) is 13.5. The summed E-state index contributed by atoms with van der Waals surface area (Å²) < 4.78 is 5.25. The molecule has 0 aliphatic heterocycles. The number of carboxylic acids is 2. The number of nitrogens with two attached hydrogens (primary N) is 2. The number of amides is 4. The monoisotopic (exact) mass is 647 g/mol. The molecule has 0 aliphatic rings. The van der Waals surface area contributed by atoms with Gasteiger partial charge in [0.25, 0.3) is 5.91 Å². The summed E-state index contributed by atoms with van der Waals surface area (Å²) in [6.45, 7) is 2.82. The SMILES string of the molecule is CCCCCCCCCCCC(=O)N[C@@H](C)C(=O)N[C@H](CCC(N)=O)C(=O)O[C@H](CSC[C@H](N)C(=O)O)C(=O)NCC(=O)O. The van der Waals surface area contributed by atoms with E-state index in [9.17, 15) is 33.6 Å². The molecule has 0 fully saturated rings. The van der Waals surface area contributed by atoms with E-state index in [0.29, 0.717) is 6.42 Å². The van der Waals surface area contributed by atoms with E-state index >= 15 is 0 Å². The summed E-state index contributed by atoms with van der Waals surface area (Å²) in [6, 6.07) is -3.74. The van der Waals surface area contributed by atoms with E-state index < -0.39 is 66.4 Å². The smallest absolute Gasteiger partial charge is 0.329 e. The first-order valence-corrected chi connectivity index (χ1v) is 16.1. The van der Waals surface area contributed by atoms with Crippen molar-refractivity contribution in [2.24, 2.45) is 11.5 Å². The second-order valence-electron chi connectivity index (χ2n) is 10.5. The van der Waals surface area contributed by atoms with E-state index in [1.165, 1.54) is 39.0 Å². The average molecular weight is 648 g/mol. The molecule has 16 heteroatoms. The highest BCUT2D eigenvalue weighted by Crippen LogP contribution is 2.12. The summed E-state index contributed by atoms with van der Waals surface area (Å²) >= 11 is 0.872. The van der Waals surface area contributed by atoms with Gasteiger partial charge in [0.2, 0.25) is 17.7 Å². The van der Waals surface area contributed by atoms with Crippen molar-refractivity contribution >= 4 is 53.3 Å². The highest BCUT2D eigenvalue weighted by Gasteiger charge is 2.31. The van der Waals surface area contributed by atoms with E-state index in [2.05, 4.69) is 22.9 Å². The fraction of sp³-hybridized carbons (Fsp3) is 0.750. The minimum atomic E-state index is -1.57. The third-order valence-electron chi connectivity index (χ3n) is 6.41. The fourth-order valence-electron chi connectivity index (χ4n) is 3.84. The molecular weight excluding hydrogens is 598 g/mol. The highest BCUT2D eigenvalue weighted by atomic mass is 32.2. The first-order valence-electron chi connectivity index (χ1n) is 14.9. The quantitative estimate of drug-likeness (QED) is 0.0498. The molecule has 0 aromatic carbocycles. The van der Waals surface area contributed by atoms with Gasteiger partial charge in [-0.25, -0.2) is 4.79 Å². The van der Waals surface area contributed by atoms with Gasteiger partial charge < -0.3 is 42.4 Å². The fourth-order valence-corrected chi connectivity index (χ4v) is 4.81. The average Bonchev–Trinajstić information content (AvgIpc) is 2.95. The molecule has 0 radical (unpaired) electrons. The number of thioether (sulfide) groups is 1. The lowest BCUT2D eigenvalue weighted by Crippen LogP contribution is -2.52. The molecule has 44 heavy (non-hydrogen) atoms. The van der Waals surface area contributed by atoms with E-state index in [4.69, 9.17) is 26.4 Å². The summed E-state index contributed by atoms with van der Waals surface area (Å²) in [5.41, 5.74) is 10.6. The van der Waals surface area contributed by atoms with Crippen molar-refractivity contribution in [3.63, 3.8) is 0 Å². The Bertz CT molecular complexity index is 952. The van der Waals surface area contributed by atoms with Crippen LogP contribution in [0.5, 0.6) is 0 Å². The van der Waals surface area contributed by atoms with Crippen molar-refractivity contribution < 1.29 is 48.5 Å². The van der Waals surface area contributed by atoms with Crippen molar-refractivity contribution in [1.82, 2.24) is 16.0 Å². The molecule has 0 spiro atoms. The number of primary amides is 1. The maximum absolute atomic E-state index is 13.0. The van der Waals surface area contributed by atoms with Gasteiger partial charge in [-0.05, 0) is 19.8 Å². The van der Waals surface area contributed by atoms with E-state index in [1.54, 1.807) is 0 Å². The molecule has 0 heterocycles. The number of carbonyl (C=O) groups excluding carboxylic acids is 5. The zero-order valence-electron chi connectivity index (χ0n) is 25.6. The lowest BCUT2D eigenvalue weighted by atomic mass is 10.1. The molecule has 0 saturated heterocycles. The van der Waals surface area contributed by atoms with Gasteiger partial charge in [0.05, 0.1) is 0 Å². The van der Waals surface area contributed by atoms with Crippen molar-refractivity contribution in [2.45, 2.75) is 115 Å². The van der Waals surface area contributed by atoms with Crippen LogP contribution in [0.3, 0.4) is 0 Å². The lowest BCUT2D eigenvalue weighted by molar-refractivity contribution is -0.158. The maximum Gasteiger partial charge on any atom is 0.329 e. The zero-order valence-corrected chi connectivity index (χ0v) is 26.5. The first-order chi connectivity index (χ1) is 20.8. The van der Waals surface area contributed by atoms with E-state index in [0.717, 1.165) is 31.0 Å². The molecule has 0 bridgehead atoms. The molecule has 4 amide bonds. The summed E-state index contributed by atoms with van der Waals surface area (Å²) in [6.07, 6.45) is 7.84. The van der Waals surface area contributed by atoms with Crippen LogP contribution in [0.25, 0.3) is 0 Å². The Morgan fingerprint density at radius 2 is 1.41 bits per heavy atom. The minimum absolute atomic E-state index is 0.145. The zero-order chi connectivity index (χ0) is 33.5. The third-order valence-corrected chi connectivity index (χ3v) is 7.54. The molecule has 0 rings (SSSR count). The summed E-state index contributed by atoms with van der Waals surface area (Å²) in [4.78, 5) is 83.8. The van der Waals surface area contributed by atoms with Crippen LogP contribution >= 0.6 is 11.8 Å². The summed E-state index contributed by atoms with van der Waals surface area (Å²) in [5.74, 6) is -7.01. The van der Waals surface area contributed by atoms with Gasteiger partial charge in [0.1, 0.15) is 24.7 Å².